The fourth-order valence-corrected chi connectivity index (χ4v) is 2.23. The van der Waals surface area contributed by atoms with Crippen LogP contribution >= 0.6 is 0 Å². The van der Waals surface area contributed by atoms with E-state index in [9.17, 15) is 5.11 Å². The summed E-state index contributed by atoms with van der Waals surface area (Å²) in [5.74, 6) is 1.62. The van der Waals surface area contributed by atoms with E-state index in [1.54, 1.807) is 0 Å². The third kappa shape index (κ3) is 1.20. The second-order valence-electron chi connectivity index (χ2n) is 3.86. The average molecular weight is 140 g/mol. The molecule has 2 fully saturated rings. The number of aliphatic hydroxyl groups excluding tert-OH is 1. The van der Waals surface area contributed by atoms with Gasteiger partial charge in [-0.05, 0) is 24.7 Å². The quantitative estimate of drug-likeness (QED) is 0.545. The van der Waals surface area contributed by atoms with Crippen LogP contribution in [0.4, 0.5) is 0 Å². The molecule has 0 spiro atoms. The van der Waals surface area contributed by atoms with Gasteiger partial charge in [0.15, 0.2) is 0 Å². The van der Waals surface area contributed by atoms with E-state index in [4.69, 9.17) is 0 Å². The Morgan fingerprint density at radius 2 is 1.80 bits per heavy atom. The molecule has 2 aliphatic carbocycles. The van der Waals surface area contributed by atoms with Crippen molar-refractivity contribution in [3.8, 4) is 0 Å². The van der Waals surface area contributed by atoms with Crippen molar-refractivity contribution in [1.82, 2.24) is 0 Å². The maximum absolute atomic E-state index is 9.52. The van der Waals surface area contributed by atoms with Gasteiger partial charge in [-0.2, -0.15) is 0 Å². The number of rotatable bonds is 0. The van der Waals surface area contributed by atoms with E-state index >= 15 is 0 Å². The van der Waals surface area contributed by atoms with Crippen molar-refractivity contribution in [2.24, 2.45) is 11.8 Å². The van der Waals surface area contributed by atoms with Gasteiger partial charge in [0, 0.05) is 0 Å². The predicted octanol–water partition coefficient (Wildman–Crippen LogP) is 1.95. The van der Waals surface area contributed by atoms with Crippen molar-refractivity contribution in [3.63, 3.8) is 0 Å². The molecule has 0 aromatic heterocycles. The third-order valence-electron chi connectivity index (χ3n) is 3.05. The first kappa shape index (κ1) is 6.66. The highest BCUT2D eigenvalue weighted by Gasteiger charge is 2.41. The Bertz CT molecular complexity index is 122. The Balaban J connectivity index is 1.88. The number of hydrogen-bond donors (Lipinski definition) is 1. The van der Waals surface area contributed by atoms with Crippen LogP contribution in [-0.4, -0.2) is 11.2 Å². The lowest BCUT2D eigenvalue weighted by Crippen LogP contribution is -2.12. The van der Waals surface area contributed by atoms with Crippen molar-refractivity contribution >= 4 is 0 Å². The Kier molecular flexibility index (Phi) is 1.69. The van der Waals surface area contributed by atoms with Gasteiger partial charge in [0.2, 0.25) is 0 Å². The van der Waals surface area contributed by atoms with Gasteiger partial charge in [-0.1, -0.05) is 25.7 Å². The molecule has 0 radical (unpaired) electrons. The van der Waals surface area contributed by atoms with E-state index in [0.717, 1.165) is 12.3 Å². The van der Waals surface area contributed by atoms with Crippen LogP contribution in [0.15, 0.2) is 0 Å². The summed E-state index contributed by atoms with van der Waals surface area (Å²) in [6.45, 7) is 0. The monoisotopic (exact) mass is 140 g/mol. The van der Waals surface area contributed by atoms with Crippen molar-refractivity contribution in [2.45, 2.75) is 44.6 Å². The molecule has 1 nitrogen and oxygen atoms in total. The average Bonchev–Trinajstić information content (AvgIpc) is 2.62. The topological polar surface area (TPSA) is 20.2 Å². The van der Waals surface area contributed by atoms with E-state index in [1.165, 1.54) is 32.1 Å². The Morgan fingerprint density at radius 3 is 2.70 bits per heavy atom. The van der Waals surface area contributed by atoms with Crippen LogP contribution < -0.4 is 0 Å². The molecule has 0 aromatic rings. The van der Waals surface area contributed by atoms with Crippen LogP contribution in [0.25, 0.3) is 0 Å². The van der Waals surface area contributed by atoms with E-state index in [-0.39, 0.29) is 6.10 Å². The number of fused-ring (bicyclic) bond motifs is 1. The molecule has 0 aromatic carbocycles. The van der Waals surface area contributed by atoms with Gasteiger partial charge < -0.3 is 5.11 Å². The van der Waals surface area contributed by atoms with Crippen LogP contribution in [0.1, 0.15) is 38.5 Å². The van der Waals surface area contributed by atoms with Crippen molar-refractivity contribution in [2.75, 3.05) is 0 Å². The minimum Gasteiger partial charge on any atom is -0.393 e. The molecule has 0 saturated heterocycles. The summed E-state index contributed by atoms with van der Waals surface area (Å²) >= 11 is 0. The first-order chi connectivity index (χ1) is 4.88. The molecule has 58 valence electrons. The summed E-state index contributed by atoms with van der Waals surface area (Å²) in [4.78, 5) is 0. The highest BCUT2D eigenvalue weighted by atomic mass is 16.3. The van der Waals surface area contributed by atoms with Gasteiger partial charge in [-0.3, -0.25) is 0 Å². The van der Waals surface area contributed by atoms with Crippen LogP contribution in [0.2, 0.25) is 0 Å². The van der Waals surface area contributed by atoms with E-state index in [1.807, 2.05) is 0 Å². The lowest BCUT2D eigenvalue weighted by atomic mass is 9.99. The second kappa shape index (κ2) is 2.54. The van der Waals surface area contributed by atoms with Gasteiger partial charge in [-0.15, -0.1) is 0 Å². The van der Waals surface area contributed by atoms with E-state index in [0.29, 0.717) is 5.92 Å². The molecule has 2 saturated carbocycles. The minimum atomic E-state index is 0.0605. The number of aliphatic hydroxyl groups is 1. The maximum atomic E-state index is 9.52. The molecule has 0 heterocycles. The van der Waals surface area contributed by atoms with E-state index in [2.05, 4.69) is 0 Å². The standard InChI is InChI=1S/C9H16O/c10-9-5-3-1-2-4-7-6-8(7)9/h7-10H,1-6H2/t7-,8-,9-/m1/s1. The first-order valence-corrected chi connectivity index (χ1v) is 4.56. The van der Waals surface area contributed by atoms with Crippen LogP contribution in [0.5, 0.6) is 0 Å². The largest absolute Gasteiger partial charge is 0.393 e. The van der Waals surface area contributed by atoms with E-state index < -0.39 is 0 Å². The lowest BCUT2D eigenvalue weighted by molar-refractivity contribution is 0.126. The zero-order valence-corrected chi connectivity index (χ0v) is 6.42. The molecule has 3 atom stereocenters. The smallest absolute Gasteiger partial charge is 0.0571 e. The fourth-order valence-electron chi connectivity index (χ4n) is 2.23. The van der Waals surface area contributed by atoms with Crippen molar-refractivity contribution in [3.05, 3.63) is 0 Å². The molecule has 0 bridgehead atoms. The molecular weight excluding hydrogens is 124 g/mol. The van der Waals surface area contributed by atoms with Crippen LogP contribution in [0, 0.1) is 11.8 Å². The molecule has 1 N–H and O–H groups in total. The summed E-state index contributed by atoms with van der Waals surface area (Å²) in [5, 5.41) is 9.52. The second-order valence-corrected chi connectivity index (χ2v) is 3.86. The van der Waals surface area contributed by atoms with Gasteiger partial charge in [-0.25, -0.2) is 0 Å². The summed E-state index contributed by atoms with van der Waals surface area (Å²) < 4.78 is 0. The normalized spacial score (nSPS) is 47.1. The molecule has 0 amide bonds. The molecule has 0 aliphatic heterocycles. The first-order valence-electron chi connectivity index (χ1n) is 4.56. The maximum Gasteiger partial charge on any atom is 0.0571 e. The van der Waals surface area contributed by atoms with Gasteiger partial charge in [0.25, 0.3) is 0 Å². The highest BCUT2D eigenvalue weighted by Crippen LogP contribution is 2.47. The highest BCUT2D eigenvalue weighted by molar-refractivity contribution is 4.92. The molecular formula is C9H16O. The zero-order chi connectivity index (χ0) is 6.97. The Morgan fingerprint density at radius 1 is 1.00 bits per heavy atom. The fraction of sp³-hybridized carbons (Fsp3) is 1.00. The van der Waals surface area contributed by atoms with Gasteiger partial charge in [0.05, 0.1) is 6.10 Å². The number of hydrogen-bond acceptors (Lipinski definition) is 1. The van der Waals surface area contributed by atoms with Crippen LogP contribution in [0.3, 0.4) is 0 Å². The SMILES string of the molecule is O[C@@H]1CCCCC[C@@H]2C[C@H]21. The Hall–Kier alpha value is -0.0400. The van der Waals surface area contributed by atoms with Gasteiger partial charge in [0.1, 0.15) is 0 Å². The van der Waals surface area contributed by atoms with Gasteiger partial charge >= 0.3 is 0 Å². The molecule has 1 heteroatoms. The summed E-state index contributed by atoms with van der Waals surface area (Å²) in [6.07, 6.45) is 7.85. The predicted molar refractivity (Wildman–Crippen MR) is 40.7 cm³/mol. The summed E-state index contributed by atoms with van der Waals surface area (Å²) in [6, 6.07) is 0. The van der Waals surface area contributed by atoms with Crippen molar-refractivity contribution in [1.29, 1.82) is 0 Å². The molecule has 10 heavy (non-hydrogen) atoms. The minimum absolute atomic E-state index is 0.0605. The Labute approximate surface area is 62.4 Å². The summed E-state index contributed by atoms with van der Waals surface area (Å²) in [5.41, 5.74) is 0. The summed E-state index contributed by atoms with van der Waals surface area (Å²) in [7, 11) is 0. The molecule has 0 unspecified atom stereocenters. The third-order valence-corrected chi connectivity index (χ3v) is 3.05. The molecule has 2 rings (SSSR count). The van der Waals surface area contributed by atoms with Crippen LogP contribution in [-0.2, 0) is 0 Å². The lowest BCUT2D eigenvalue weighted by Gasteiger charge is -2.12. The van der Waals surface area contributed by atoms with Crippen molar-refractivity contribution < 1.29 is 5.11 Å². The zero-order valence-electron chi connectivity index (χ0n) is 6.42. The molecule has 2 aliphatic rings.